The zero-order chi connectivity index (χ0) is 23.5. The smallest absolute Gasteiger partial charge is 0.407 e. The van der Waals surface area contributed by atoms with E-state index in [1.807, 2.05) is 24.3 Å². The SMILES string of the molecule is Cc1nc(CNC(=O)OCC2c3ccccc3-c3ccccc32)sc1C(=O)N(C)CC(=O)O. The molecule has 8 nitrogen and oxygen atoms in total. The number of benzene rings is 2. The van der Waals surface area contributed by atoms with Crippen molar-refractivity contribution in [3.8, 4) is 11.1 Å². The van der Waals surface area contributed by atoms with Crippen LogP contribution in [-0.4, -0.2) is 53.2 Å². The van der Waals surface area contributed by atoms with Crippen LogP contribution in [0.5, 0.6) is 0 Å². The predicted octanol–water partition coefficient (Wildman–Crippen LogP) is 3.65. The molecule has 4 rings (SSSR count). The number of carboxylic acid groups (broad SMARTS) is 1. The van der Waals surface area contributed by atoms with Gasteiger partial charge in [0.2, 0.25) is 0 Å². The zero-order valence-electron chi connectivity index (χ0n) is 18.2. The summed E-state index contributed by atoms with van der Waals surface area (Å²) in [6.07, 6.45) is -0.569. The summed E-state index contributed by atoms with van der Waals surface area (Å²) in [7, 11) is 1.42. The molecule has 0 bridgehead atoms. The van der Waals surface area contributed by atoms with Crippen molar-refractivity contribution in [2.24, 2.45) is 0 Å². The summed E-state index contributed by atoms with van der Waals surface area (Å²) in [5, 5.41) is 12.1. The first-order chi connectivity index (χ1) is 15.8. The number of aliphatic carboxylic acids is 1. The van der Waals surface area contributed by atoms with Crippen molar-refractivity contribution in [2.75, 3.05) is 20.2 Å². The molecule has 2 aromatic carbocycles. The molecule has 0 unspecified atom stereocenters. The number of aromatic nitrogens is 1. The number of nitrogens with one attached hydrogen (secondary N) is 1. The lowest BCUT2D eigenvalue weighted by atomic mass is 9.98. The number of rotatable bonds is 7. The zero-order valence-corrected chi connectivity index (χ0v) is 19.0. The molecule has 33 heavy (non-hydrogen) atoms. The van der Waals surface area contributed by atoms with E-state index >= 15 is 0 Å². The summed E-state index contributed by atoms with van der Waals surface area (Å²) in [6, 6.07) is 16.2. The summed E-state index contributed by atoms with van der Waals surface area (Å²) < 4.78 is 5.51. The van der Waals surface area contributed by atoms with Crippen molar-refractivity contribution >= 4 is 29.3 Å². The van der Waals surface area contributed by atoms with E-state index in [0.29, 0.717) is 15.6 Å². The van der Waals surface area contributed by atoms with E-state index in [9.17, 15) is 14.4 Å². The molecule has 2 N–H and O–H groups in total. The highest BCUT2D eigenvalue weighted by Gasteiger charge is 2.29. The summed E-state index contributed by atoms with van der Waals surface area (Å²) in [5.74, 6) is -1.54. The second-order valence-electron chi connectivity index (χ2n) is 7.76. The number of hydrogen-bond acceptors (Lipinski definition) is 6. The minimum atomic E-state index is -1.09. The van der Waals surface area contributed by atoms with Gasteiger partial charge in [0, 0.05) is 13.0 Å². The molecule has 0 radical (unpaired) electrons. The summed E-state index contributed by atoms with van der Waals surface area (Å²) in [6.45, 7) is 1.59. The Bertz CT molecular complexity index is 1180. The van der Waals surface area contributed by atoms with E-state index in [1.54, 1.807) is 6.92 Å². The number of alkyl carbamates (subject to hydrolysis) is 1. The van der Waals surface area contributed by atoms with Crippen molar-refractivity contribution in [1.29, 1.82) is 0 Å². The number of likely N-dealkylation sites (N-methyl/N-ethyl adjacent to an activating group) is 1. The van der Waals surface area contributed by atoms with Gasteiger partial charge in [0.05, 0.1) is 12.2 Å². The summed E-state index contributed by atoms with van der Waals surface area (Å²) >= 11 is 1.12. The maximum atomic E-state index is 12.4. The highest BCUT2D eigenvalue weighted by Crippen LogP contribution is 2.44. The number of hydrogen-bond donors (Lipinski definition) is 2. The third-order valence-electron chi connectivity index (χ3n) is 5.48. The van der Waals surface area contributed by atoms with E-state index in [0.717, 1.165) is 38.5 Å². The summed E-state index contributed by atoms with van der Waals surface area (Å²) in [5.41, 5.74) is 5.08. The molecule has 0 saturated heterocycles. The Labute approximate surface area is 194 Å². The van der Waals surface area contributed by atoms with Crippen molar-refractivity contribution in [3.63, 3.8) is 0 Å². The quantitative estimate of drug-likeness (QED) is 0.551. The number of carboxylic acids is 1. The third kappa shape index (κ3) is 4.73. The van der Waals surface area contributed by atoms with Crippen LogP contribution in [0.1, 0.15) is 37.4 Å². The standard InChI is InChI=1S/C24H23N3O5S/c1-14-22(23(30)27(2)12-21(28)29)33-20(26-14)11-25-24(31)32-13-19-17-9-5-3-7-15(17)16-8-4-6-10-18(16)19/h3-10,19H,11-13H2,1-2H3,(H,25,31)(H,28,29). The van der Waals surface area contributed by atoms with Crippen LogP contribution < -0.4 is 5.32 Å². The van der Waals surface area contributed by atoms with Crippen molar-refractivity contribution in [2.45, 2.75) is 19.4 Å². The second-order valence-corrected chi connectivity index (χ2v) is 8.84. The minimum absolute atomic E-state index is 0.0285. The molecule has 2 amide bonds. The van der Waals surface area contributed by atoms with E-state index in [1.165, 1.54) is 7.05 Å². The maximum Gasteiger partial charge on any atom is 0.407 e. The van der Waals surface area contributed by atoms with Gasteiger partial charge in [-0.3, -0.25) is 9.59 Å². The van der Waals surface area contributed by atoms with Gasteiger partial charge >= 0.3 is 12.1 Å². The van der Waals surface area contributed by atoms with E-state index in [2.05, 4.69) is 34.6 Å². The lowest BCUT2D eigenvalue weighted by Gasteiger charge is -2.14. The number of aryl methyl sites for hydroxylation is 1. The molecular formula is C24H23N3O5S. The van der Waals surface area contributed by atoms with E-state index < -0.39 is 24.5 Å². The van der Waals surface area contributed by atoms with Gasteiger partial charge in [0.1, 0.15) is 23.0 Å². The Morgan fingerprint density at radius 3 is 2.30 bits per heavy atom. The fourth-order valence-corrected chi connectivity index (χ4v) is 4.97. The topological polar surface area (TPSA) is 109 Å². The van der Waals surface area contributed by atoms with Crippen LogP contribution in [0.2, 0.25) is 0 Å². The highest BCUT2D eigenvalue weighted by molar-refractivity contribution is 7.13. The van der Waals surface area contributed by atoms with Crippen molar-refractivity contribution in [3.05, 3.63) is 75.2 Å². The molecule has 9 heteroatoms. The number of ether oxygens (including phenoxy) is 1. The molecule has 0 fully saturated rings. The first kappa shape index (κ1) is 22.5. The number of thiazole rings is 1. The van der Waals surface area contributed by atoms with Gasteiger partial charge in [-0.1, -0.05) is 48.5 Å². The van der Waals surface area contributed by atoms with Gasteiger partial charge in [-0.25, -0.2) is 9.78 Å². The van der Waals surface area contributed by atoms with Crippen LogP contribution in [0, 0.1) is 6.92 Å². The normalized spacial score (nSPS) is 12.1. The Hall–Kier alpha value is -3.72. The first-order valence-electron chi connectivity index (χ1n) is 10.4. The van der Waals surface area contributed by atoms with Crippen molar-refractivity contribution in [1.82, 2.24) is 15.2 Å². The monoisotopic (exact) mass is 465 g/mol. The Balaban J connectivity index is 1.36. The number of carbonyl (C=O) groups is 3. The first-order valence-corrected chi connectivity index (χ1v) is 11.2. The number of amides is 2. The van der Waals surface area contributed by atoms with Gasteiger partial charge in [0.25, 0.3) is 5.91 Å². The minimum Gasteiger partial charge on any atom is -0.480 e. The van der Waals surface area contributed by atoms with Crippen molar-refractivity contribution < 1.29 is 24.2 Å². The van der Waals surface area contributed by atoms with Crippen LogP contribution in [0.15, 0.2) is 48.5 Å². The fraction of sp³-hybridized carbons (Fsp3) is 0.250. The molecule has 1 aliphatic rings. The van der Waals surface area contributed by atoms with Crippen LogP contribution in [0.25, 0.3) is 11.1 Å². The lowest BCUT2D eigenvalue weighted by Crippen LogP contribution is -2.31. The number of nitrogens with zero attached hydrogens (tertiary/aromatic N) is 2. The van der Waals surface area contributed by atoms with Gasteiger partial charge in [-0.15, -0.1) is 11.3 Å². The van der Waals surface area contributed by atoms with E-state index in [4.69, 9.17) is 9.84 Å². The number of carbonyl (C=O) groups excluding carboxylic acids is 2. The average Bonchev–Trinajstić information content (AvgIpc) is 3.33. The van der Waals surface area contributed by atoms with Gasteiger partial charge in [0.15, 0.2) is 0 Å². The second kappa shape index (κ2) is 9.41. The molecule has 1 aliphatic carbocycles. The fourth-order valence-electron chi connectivity index (χ4n) is 3.97. The van der Waals surface area contributed by atoms with Gasteiger partial charge in [-0.2, -0.15) is 0 Å². The van der Waals surface area contributed by atoms with Crippen LogP contribution >= 0.6 is 11.3 Å². The lowest BCUT2D eigenvalue weighted by molar-refractivity contribution is -0.137. The Morgan fingerprint density at radius 1 is 1.09 bits per heavy atom. The molecule has 1 aromatic heterocycles. The number of fused-ring (bicyclic) bond motifs is 3. The van der Waals surface area contributed by atoms with Gasteiger partial charge < -0.3 is 20.1 Å². The van der Waals surface area contributed by atoms with Crippen LogP contribution in [-0.2, 0) is 16.1 Å². The molecule has 1 heterocycles. The predicted molar refractivity (Wildman–Crippen MR) is 123 cm³/mol. The van der Waals surface area contributed by atoms with Gasteiger partial charge in [-0.05, 0) is 29.2 Å². The molecule has 170 valence electrons. The van der Waals surface area contributed by atoms with Crippen LogP contribution in [0.3, 0.4) is 0 Å². The van der Waals surface area contributed by atoms with E-state index in [-0.39, 0.29) is 19.1 Å². The largest absolute Gasteiger partial charge is 0.480 e. The third-order valence-corrected chi connectivity index (χ3v) is 6.63. The highest BCUT2D eigenvalue weighted by atomic mass is 32.1. The molecule has 3 aromatic rings. The molecule has 0 aliphatic heterocycles. The molecule has 0 spiro atoms. The molecule has 0 saturated carbocycles. The summed E-state index contributed by atoms with van der Waals surface area (Å²) in [4.78, 5) is 41.4. The Kier molecular flexibility index (Phi) is 6.41. The molecular weight excluding hydrogens is 442 g/mol. The average molecular weight is 466 g/mol. The Morgan fingerprint density at radius 2 is 1.70 bits per heavy atom. The maximum absolute atomic E-state index is 12.4. The van der Waals surface area contributed by atoms with Crippen LogP contribution in [0.4, 0.5) is 4.79 Å². The molecule has 0 atom stereocenters.